The summed E-state index contributed by atoms with van der Waals surface area (Å²) >= 11 is 6.40. The molecule has 4 aromatic rings. The number of amides is 1. The van der Waals surface area contributed by atoms with Crippen LogP contribution in [0.5, 0.6) is 11.5 Å². The molecule has 0 radical (unpaired) electrons. The number of fused-ring (bicyclic) bond motifs is 1. The van der Waals surface area contributed by atoms with E-state index in [9.17, 15) is 26.4 Å². The molecule has 14 heteroatoms. The Hall–Kier alpha value is -3.97. The van der Waals surface area contributed by atoms with Crippen LogP contribution in [-0.4, -0.2) is 42.4 Å². The lowest BCUT2D eigenvalue weighted by Crippen LogP contribution is -2.22. The molecule has 0 unspecified atom stereocenters. The number of alkyl halides is 3. The highest BCUT2D eigenvalue weighted by molar-refractivity contribution is 7.92. The summed E-state index contributed by atoms with van der Waals surface area (Å²) in [4.78, 5) is 17.4. The molecule has 42 heavy (non-hydrogen) atoms. The third kappa shape index (κ3) is 7.85. The van der Waals surface area contributed by atoms with Gasteiger partial charge in [0.1, 0.15) is 22.8 Å². The fourth-order valence-corrected chi connectivity index (χ4v) is 5.01. The fraction of sp³-hybridized carbons (Fsp3) is 0.286. The minimum Gasteiger partial charge on any atom is -0.491 e. The van der Waals surface area contributed by atoms with Crippen LogP contribution >= 0.6 is 11.6 Å². The first-order valence-corrected chi connectivity index (χ1v) is 14.8. The highest BCUT2D eigenvalue weighted by Crippen LogP contribution is 2.39. The molecule has 1 amide bonds. The summed E-state index contributed by atoms with van der Waals surface area (Å²) in [6, 6.07) is 12.0. The summed E-state index contributed by atoms with van der Waals surface area (Å²) < 4.78 is 75.9. The standard InChI is InChI=1S/C28H28ClF3N4O5S/c1-16(2)40-22-10-18(11-23(13-22)41-28(30,31)32)27(3,4)17-8-19(29)12-21(9-17)33-26(37)24-15-36-14-20(35-42(5,38)39)6-7-25(36)34-24/h6-16,35H,1-5H3,(H,33,37). The van der Waals surface area contributed by atoms with E-state index in [0.29, 0.717) is 28.1 Å². The van der Waals surface area contributed by atoms with Gasteiger partial charge in [-0.3, -0.25) is 9.52 Å². The Morgan fingerprint density at radius 1 is 0.976 bits per heavy atom. The molecule has 0 atom stereocenters. The lowest BCUT2D eigenvalue weighted by molar-refractivity contribution is -0.274. The van der Waals surface area contributed by atoms with Crippen molar-refractivity contribution in [1.29, 1.82) is 0 Å². The van der Waals surface area contributed by atoms with Gasteiger partial charge in [0.2, 0.25) is 10.0 Å². The number of sulfonamides is 1. The summed E-state index contributed by atoms with van der Waals surface area (Å²) in [6.07, 6.45) is -1.24. The molecule has 0 saturated carbocycles. The smallest absolute Gasteiger partial charge is 0.491 e. The monoisotopic (exact) mass is 624 g/mol. The Balaban J connectivity index is 1.64. The summed E-state index contributed by atoms with van der Waals surface area (Å²) in [5, 5.41) is 3.03. The number of nitrogens with zero attached hydrogens (tertiary/aromatic N) is 2. The van der Waals surface area contributed by atoms with E-state index < -0.39 is 33.5 Å². The van der Waals surface area contributed by atoms with Crippen molar-refractivity contribution in [2.45, 2.75) is 45.6 Å². The van der Waals surface area contributed by atoms with Crippen molar-refractivity contribution in [2.75, 3.05) is 16.3 Å². The molecule has 4 rings (SSSR count). The molecule has 0 saturated heterocycles. The number of hydrogen-bond acceptors (Lipinski definition) is 6. The minimum absolute atomic E-state index is 0.0553. The number of rotatable bonds is 9. The fourth-order valence-electron chi connectivity index (χ4n) is 4.23. The summed E-state index contributed by atoms with van der Waals surface area (Å²) in [5.74, 6) is -0.788. The number of halogens is 4. The van der Waals surface area contributed by atoms with Crippen LogP contribution in [0.4, 0.5) is 24.5 Å². The molecule has 0 aliphatic heterocycles. The number of imidazole rings is 1. The van der Waals surface area contributed by atoms with E-state index in [1.54, 1.807) is 52.0 Å². The molecular formula is C28H28ClF3N4O5S. The van der Waals surface area contributed by atoms with E-state index in [1.165, 1.54) is 41.1 Å². The van der Waals surface area contributed by atoms with Gasteiger partial charge in [-0.15, -0.1) is 13.2 Å². The Kier molecular flexibility index (Phi) is 8.38. The van der Waals surface area contributed by atoms with Crippen LogP contribution in [0.2, 0.25) is 5.02 Å². The molecule has 0 bridgehead atoms. The molecule has 2 aromatic carbocycles. The predicted molar refractivity (Wildman–Crippen MR) is 154 cm³/mol. The van der Waals surface area contributed by atoms with Gasteiger partial charge in [-0.1, -0.05) is 25.4 Å². The second-order valence-electron chi connectivity index (χ2n) is 10.4. The van der Waals surface area contributed by atoms with Crippen LogP contribution in [0.25, 0.3) is 5.65 Å². The van der Waals surface area contributed by atoms with Crippen LogP contribution < -0.4 is 19.5 Å². The predicted octanol–water partition coefficient (Wildman–Crippen LogP) is 6.62. The van der Waals surface area contributed by atoms with Gasteiger partial charge in [0.05, 0.1) is 18.0 Å². The zero-order chi connectivity index (χ0) is 31.0. The average molecular weight is 625 g/mol. The molecule has 2 aromatic heterocycles. The van der Waals surface area contributed by atoms with E-state index in [1.807, 2.05) is 0 Å². The molecule has 0 aliphatic carbocycles. The SMILES string of the molecule is CC(C)Oc1cc(OC(F)(F)F)cc(C(C)(C)c2cc(Cl)cc(NC(=O)c3cn4cc(NS(C)(=O)=O)ccc4n3)c2)c1. The maximum absolute atomic E-state index is 13.1. The van der Waals surface area contributed by atoms with E-state index in [4.69, 9.17) is 16.3 Å². The van der Waals surface area contributed by atoms with E-state index in [0.717, 1.165) is 6.26 Å². The second-order valence-corrected chi connectivity index (χ2v) is 12.6. The Bertz CT molecular complexity index is 1750. The molecule has 2 N–H and O–H groups in total. The van der Waals surface area contributed by atoms with Crippen LogP contribution in [0.3, 0.4) is 0 Å². The summed E-state index contributed by atoms with van der Waals surface area (Å²) in [7, 11) is -3.49. The number of carbonyl (C=O) groups is 1. The zero-order valence-corrected chi connectivity index (χ0v) is 24.8. The molecular weight excluding hydrogens is 597 g/mol. The van der Waals surface area contributed by atoms with Crippen LogP contribution in [-0.2, 0) is 15.4 Å². The molecule has 224 valence electrons. The van der Waals surface area contributed by atoms with E-state index >= 15 is 0 Å². The van der Waals surface area contributed by atoms with E-state index in [-0.39, 0.29) is 22.6 Å². The van der Waals surface area contributed by atoms with Gasteiger partial charge in [-0.05, 0) is 67.4 Å². The second kappa shape index (κ2) is 11.4. The summed E-state index contributed by atoms with van der Waals surface area (Å²) in [6.45, 7) is 7.09. The van der Waals surface area contributed by atoms with Crippen molar-refractivity contribution < 1.29 is 35.9 Å². The molecule has 0 fully saturated rings. The number of aromatic nitrogens is 2. The van der Waals surface area contributed by atoms with Crippen molar-refractivity contribution in [3.8, 4) is 11.5 Å². The first-order chi connectivity index (χ1) is 19.4. The topological polar surface area (TPSA) is 111 Å². The van der Waals surface area contributed by atoms with Crippen molar-refractivity contribution in [3.05, 3.63) is 82.8 Å². The van der Waals surface area contributed by atoms with Gasteiger partial charge in [0, 0.05) is 34.6 Å². The number of pyridine rings is 1. The van der Waals surface area contributed by atoms with Gasteiger partial charge < -0.3 is 19.2 Å². The van der Waals surface area contributed by atoms with Crippen LogP contribution in [0.15, 0.2) is 60.9 Å². The number of benzene rings is 2. The van der Waals surface area contributed by atoms with E-state index in [2.05, 4.69) is 19.8 Å². The number of anilines is 2. The summed E-state index contributed by atoms with van der Waals surface area (Å²) in [5.41, 5.74) is 1.23. The minimum atomic E-state index is -4.89. The number of nitrogens with one attached hydrogen (secondary N) is 2. The molecule has 9 nitrogen and oxygen atoms in total. The van der Waals surface area contributed by atoms with Gasteiger partial charge in [-0.25, -0.2) is 13.4 Å². The molecule has 0 aliphatic rings. The maximum Gasteiger partial charge on any atom is 0.573 e. The average Bonchev–Trinajstić information content (AvgIpc) is 3.24. The Labute approximate surface area is 245 Å². The third-order valence-electron chi connectivity index (χ3n) is 6.07. The van der Waals surface area contributed by atoms with Crippen LogP contribution in [0.1, 0.15) is 49.3 Å². The number of ether oxygens (including phenoxy) is 2. The van der Waals surface area contributed by atoms with Gasteiger partial charge >= 0.3 is 6.36 Å². The van der Waals surface area contributed by atoms with Crippen molar-refractivity contribution in [3.63, 3.8) is 0 Å². The number of hydrogen-bond donors (Lipinski definition) is 2. The normalized spacial score (nSPS) is 12.4. The largest absolute Gasteiger partial charge is 0.573 e. The van der Waals surface area contributed by atoms with Crippen molar-refractivity contribution in [1.82, 2.24) is 9.38 Å². The number of carbonyl (C=O) groups excluding carboxylic acids is 1. The maximum atomic E-state index is 13.1. The lowest BCUT2D eigenvalue weighted by Gasteiger charge is -2.28. The third-order valence-corrected chi connectivity index (χ3v) is 6.90. The first kappa shape index (κ1) is 31.0. The Morgan fingerprint density at radius 3 is 2.29 bits per heavy atom. The highest BCUT2D eigenvalue weighted by Gasteiger charge is 2.33. The quantitative estimate of drug-likeness (QED) is 0.216. The lowest BCUT2D eigenvalue weighted by atomic mass is 9.78. The highest BCUT2D eigenvalue weighted by atomic mass is 35.5. The van der Waals surface area contributed by atoms with Crippen molar-refractivity contribution >= 4 is 44.6 Å². The Morgan fingerprint density at radius 2 is 1.64 bits per heavy atom. The van der Waals surface area contributed by atoms with Crippen molar-refractivity contribution in [2.24, 2.45) is 0 Å². The molecule has 2 heterocycles. The van der Waals surface area contributed by atoms with Gasteiger partial charge in [-0.2, -0.15) is 0 Å². The van der Waals surface area contributed by atoms with Gasteiger partial charge in [0.25, 0.3) is 5.91 Å². The zero-order valence-electron chi connectivity index (χ0n) is 23.2. The molecule has 0 spiro atoms. The van der Waals surface area contributed by atoms with Gasteiger partial charge in [0.15, 0.2) is 0 Å². The van der Waals surface area contributed by atoms with Crippen LogP contribution in [0, 0.1) is 0 Å². The first-order valence-electron chi connectivity index (χ1n) is 12.5.